The minimum absolute atomic E-state index is 0.0209. The monoisotopic (exact) mass is 456 g/mol. The molecule has 0 spiro atoms. The molecule has 0 aliphatic carbocycles. The number of nitrogens with one attached hydrogen (secondary N) is 1. The van der Waals surface area contributed by atoms with Gasteiger partial charge in [0.05, 0.1) is 31.5 Å². The molecule has 0 aliphatic heterocycles. The fourth-order valence-corrected chi connectivity index (χ4v) is 3.93. The predicted molar refractivity (Wildman–Crippen MR) is 108 cm³/mol. The molecule has 0 saturated carbocycles. The van der Waals surface area contributed by atoms with Crippen molar-refractivity contribution in [3.63, 3.8) is 0 Å². The van der Waals surface area contributed by atoms with E-state index in [1.54, 1.807) is 31.2 Å². The third kappa shape index (κ3) is 5.14. The zero-order chi connectivity index (χ0) is 20.0. The van der Waals surface area contributed by atoms with Crippen molar-refractivity contribution in [2.24, 2.45) is 5.10 Å². The van der Waals surface area contributed by atoms with Gasteiger partial charge < -0.3 is 14.2 Å². The molecule has 2 aromatic carbocycles. The van der Waals surface area contributed by atoms with Gasteiger partial charge in [-0.2, -0.15) is 18.4 Å². The van der Waals surface area contributed by atoms with Gasteiger partial charge in [-0.25, -0.2) is 0 Å². The van der Waals surface area contributed by atoms with Gasteiger partial charge in [-0.1, -0.05) is 6.07 Å². The highest BCUT2D eigenvalue weighted by Crippen LogP contribution is 2.36. The van der Waals surface area contributed by atoms with E-state index in [1.807, 2.05) is 6.92 Å². The SMILES string of the molecule is CCOc1c(Br)cc(/C=N/NS(=O)(=O)c2cc(C)ccc2OC)cc1OC. The Morgan fingerprint density at radius 1 is 1.15 bits per heavy atom. The fraction of sp³-hybridized carbons (Fsp3) is 0.278. The molecule has 7 nitrogen and oxygen atoms in total. The number of sulfonamides is 1. The fourth-order valence-electron chi connectivity index (χ4n) is 2.31. The zero-order valence-electron chi connectivity index (χ0n) is 15.4. The van der Waals surface area contributed by atoms with Crippen LogP contribution in [-0.2, 0) is 10.0 Å². The molecule has 0 radical (unpaired) electrons. The first-order valence-electron chi connectivity index (χ1n) is 8.02. The van der Waals surface area contributed by atoms with E-state index in [0.29, 0.717) is 28.1 Å². The minimum Gasteiger partial charge on any atom is -0.495 e. The molecule has 1 N–H and O–H groups in total. The van der Waals surface area contributed by atoms with Gasteiger partial charge in [-0.05, 0) is 65.2 Å². The number of methoxy groups -OCH3 is 2. The number of aryl methyl sites for hydroxylation is 1. The summed E-state index contributed by atoms with van der Waals surface area (Å²) < 4.78 is 41.7. The number of benzene rings is 2. The van der Waals surface area contributed by atoms with E-state index in [9.17, 15) is 8.42 Å². The van der Waals surface area contributed by atoms with E-state index in [-0.39, 0.29) is 10.6 Å². The zero-order valence-corrected chi connectivity index (χ0v) is 17.8. The maximum Gasteiger partial charge on any atom is 0.280 e. The summed E-state index contributed by atoms with van der Waals surface area (Å²) in [4.78, 5) is 2.22. The lowest BCUT2D eigenvalue weighted by atomic mass is 10.2. The second kappa shape index (κ2) is 9.09. The molecule has 0 heterocycles. The summed E-state index contributed by atoms with van der Waals surface area (Å²) in [7, 11) is -0.940. The molecular formula is C18H21BrN2O5S. The van der Waals surface area contributed by atoms with Crippen LogP contribution in [0.2, 0.25) is 0 Å². The highest BCUT2D eigenvalue weighted by atomic mass is 79.9. The molecular weight excluding hydrogens is 436 g/mol. The number of hydrogen-bond donors (Lipinski definition) is 1. The first-order valence-corrected chi connectivity index (χ1v) is 10.3. The van der Waals surface area contributed by atoms with Gasteiger partial charge in [0.25, 0.3) is 10.0 Å². The molecule has 2 aromatic rings. The van der Waals surface area contributed by atoms with Crippen molar-refractivity contribution < 1.29 is 22.6 Å². The van der Waals surface area contributed by atoms with Crippen molar-refractivity contribution in [1.82, 2.24) is 4.83 Å². The first-order chi connectivity index (χ1) is 12.8. The topological polar surface area (TPSA) is 86.2 Å². The first kappa shape index (κ1) is 21.0. The van der Waals surface area contributed by atoms with Crippen LogP contribution in [0, 0.1) is 6.92 Å². The molecule has 0 amide bonds. The molecule has 0 aromatic heterocycles. The van der Waals surface area contributed by atoms with E-state index in [1.165, 1.54) is 26.5 Å². The lowest BCUT2D eigenvalue weighted by Gasteiger charge is -2.12. The molecule has 2 rings (SSSR count). The van der Waals surface area contributed by atoms with Crippen molar-refractivity contribution in [3.05, 3.63) is 45.9 Å². The van der Waals surface area contributed by atoms with Crippen LogP contribution in [0.15, 0.2) is 44.8 Å². The average Bonchev–Trinajstić information content (AvgIpc) is 2.63. The van der Waals surface area contributed by atoms with Crippen molar-refractivity contribution in [2.45, 2.75) is 18.7 Å². The number of ether oxygens (including phenoxy) is 3. The van der Waals surface area contributed by atoms with Gasteiger partial charge in [0.1, 0.15) is 10.6 Å². The summed E-state index contributed by atoms with van der Waals surface area (Å²) in [5.74, 6) is 1.33. The molecule has 0 bridgehead atoms. The minimum atomic E-state index is -3.88. The third-order valence-electron chi connectivity index (χ3n) is 3.54. The summed E-state index contributed by atoms with van der Waals surface area (Å²) >= 11 is 3.41. The molecule has 27 heavy (non-hydrogen) atoms. The second-order valence-corrected chi connectivity index (χ2v) is 7.96. The summed E-state index contributed by atoms with van der Waals surface area (Å²) in [5, 5.41) is 3.85. The second-order valence-electron chi connectivity index (χ2n) is 5.47. The van der Waals surface area contributed by atoms with Crippen LogP contribution in [0.1, 0.15) is 18.1 Å². The van der Waals surface area contributed by atoms with Crippen LogP contribution in [0.3, 0.4) is 0 Å². The highest BCUT2D eigenvalue weighted by molar-refractivity contribution is 9.10. The summed E-state index contributed by atoms with van der Waals surface area (Å²) in [6.07, 6.45) is 1.38. The van der Waals surface area contributed by atoms with Crippen molar-refractivity contribution in [2.75, 3.05) is 20.8 Å². The van der Waals surface area contributed by atoms with Crippen LogP contribution < -0.4 is 19.0 Å². The number of hydrogen-bond acceptors (Lipinski definition) is 6. The van der Waals surface area contributed by atoms with Gasteiger partial charge >= 0.3 is 0 Å². The Labute approximate surface area is 167 Å². The quantitative estimate of drug-likeness (QED) is 0.485. The van der Waals surface area contributed by atoms with Crippen molar-refractivity contribution >= 4 is 32.2 Å². The van der Waals surface area contributed by atoms with Gasteiger partial charge in [0.2, 0.25) is 0 Å². The lowest BCUT2D eigenvalue weighted by Crippen LogP contribution is -2.19. The van der Waals surface area contributed by atoms with Gasteiger partial charge in [0.15, 0.2) is 11.5 Å². The molecule has 0 saturated heterocycles. The Balaban J connectivity index is 2.27. The van der Waals surface area contributed by atoms with E-state index in [4.69, 9.17) is 14.2 Å². The summed E-state index contributed by atoms with van der Waals surface area (Å²) in [5.41, 5.74) is 1.42. The Morgan fingerprint density at radius 2 is 1.85 bits per heavy atom. The molecule has 0 unspecified atom stereocenters. The smallest absolute Gasteiger partial charge is 0.280 e. The van der Waals surface area contributed by atoms with Gasteiger partial charge in [0, 0.05) is 0 Å². The van der Waals surface area contributed by atoms with E-state index < -0.39 is 10.0 Å². The van der Waals surface area contributed by atoms with Crippen LogP contribution in [0.5, 0.6) is 17.2 Å². The lowest BCUT2D eigenvalue weighted by molar-refractivity contribution is 0.309. The maximum absolute atomic E-state index is 12.5. The number of halogens is 1. The van der Waals surface area contributed by atoms with Crippen LogP contribution in [0.4, 0.5) is 0 Å². The molecule has 0 atom stereocenters. The highest BCUT2D eigenvalue weighted by Gasteiger charge is 2.19. The number of nitrogens with zero attached hydrogens (tertiary/aromatic N) is 1. The van der Waals surface area contributed by atoms with Gasteiger partial charge in [-0.3, -0.25) is 0 Å². The van der Waals surface area contributed by atoms with Crippen LogP contribution in [0.25, 0.3) is 0 Å². The summed E-state index contributed by atoms with van der Waals surface area (Å²) in [6, 6.07) is 8.33. The van der Waals surface area contributed by atoms with Crippen molar-refractivity contribution in [3.8, 4) is 17.2 Å². The Morgan fingerprint density at radius 3 is 2.48 bits per heavy atom. The Kier molecular flexibility index (Phi) is 7.09. The average molecular weight is 457 g/mol. The maximum atomic E-state index is 12.5. The van der Waals surface area contributed by atoms with Crippen LogP contribution >= 0.6 is 15.9 Å². The van der Waals surface area contributed by atoms with Crippen LogP contribution in [-0.4, -0.2) is 35.5 Å². The Bertz CT molecular complexity index is 945. The largest absolute Gasteiger partial charge is 0.495 e. The molecule has 0 aliphatic rings. The molecule has 146 valence electrons. The van der Waals surface area contributed by atoms with E-state index >= 15 is 0 Å². The van der Waals surface area contributed by atoms with Crippen molar-refractivity contribution in [1.29, 1.82) is 0 Å². The van der Waals surface area contributed by atoms with E-state index in [2.05, 4.69) is 25.9 Å². The third-order valence-corrected chi connectivity index (χ3v) is 5.37. The number of rotatable bonds is 8. The normalized spacial score (nSPS) is 11.4. The molecule has 0 fully saturated rings. The van der Waals surface area contributed by atoms with Gasteiger partial charge in [-0.15, -0.1) is 0 Å². The predicted octanol–water partition coefficient (Wildman–Crippen LogP) is 3.49. The summed E-state index contributed by atoms with van der Waals surface area (Å²) in [6.45, 7) is 4.15. The molecule has 9 heteroatoms. The Hall–Kier alpha value is -2.26. The standard InChI is InChI=1S/C18H21BrN2O5S/c1-5-26-18-14(19)9-13(10-16(18)25-4)11-20-21-27(22,23)17-8-12(2)6-7-15(17)24-3/h6-11,21H,5H2,1-4H3/b20-11+. The van der Waals surface area contributed by atoms with E-state index in [0.717, 1.165) is 5.56 Å². The number of hydrazone groups is 1.